The fraction of sp³-hybridized carbons (Fsp3) is 0.192. The molecule has 14 heteroatoms. The molecule has 5 aromatic rings. The molecule has 3 aromatic heterocycles. The Bertz CT molecular complexity index is 1770. The standard InChI is InChI=1S/C26H22ClFN8O3S/c1-35-11-13(10-30-35)9-29-26(39)24-32-23(33-25(38)21-15-4-2-3-5-18(15)40-34-21)22-20(31-19(37)12-36(22)24)16-8-14(28)6-7-17(16)27/h2-8,10-11,20,26,29,39H,9,12H2,1H3,(H,31,37)(H,33,38). The van der Waals surface area contributed by atoms with Crippen LogP contribution in [0.15, 0.2) is 54.9 Å². The minimum atomic E-state index is -1.32. The molecule has 2 amide bonds. The number of benzene rings is 2. The van der Waals surface area contributed by atoms with Crippen LogP contribution in [0.3, 0.4) is 0 Å². The molecule has 1 aliphatic rings. The van der Waals surface area contributed by atoms with Crippen LogP contribution in [0.25, 0.3) is 10.1 Å². The normalized spacial score (nSPS) is 15.6. The second-order valence-corrected chi connectivity index (χ2v) is 10.5. The summed E-state index contributed by atoms with van der Waals surface area (Å²) in [6.07, 6.45) is 2.12. The van der Waals surface area contributed by atoms with Gasteiger partial charge < -0.3 is 20.3 Å². The predicted molar refractivity (Wildman–Crippen MR) is 146 cm³/mol. The van der Waals surface area contributed by atoms with E-state index >= 15 is 0 Å². The summed E-state index contributed by atoms with van der Waals surface area (Å²) in [5.41, 5.74) is 1.63. The van der Waals surface area contributed by atoms with Gasteiger partial charge in [0.1, 0.15) is 18.1 Å². The Hall–Kier alpha value is -4.17. The van der Waals surface area contributed by atoms with Gasteiger partial charge in [-0.25, -0.2) is 9.37 Å². The molecule has 0 radical (unpaired) electrons. The van der Waals surface area contributed by atoms with Crippen LogP contribution < -0.4 is 16.0 Å². The molecule has 4 heterocycles. The molecule has 11 nitrogen and oxygen atoms in total. The smallest absolute Gasteiger partial charge is 0.277 e. The topological polar surface area (TPSA) is 139 Å². The van der Waals surface area contributed by atoms with Gasteiger partial charge in [0.25, 0.3) is 5.91 Å². The summed E-state index contributed by atoms with van der Waals surface area (Å²) in [6, 6.07) is 10.2. The van der Waals surface area contributed by atoms with Gasteiger partial charge in [-0.15, -0.1) is 0 Å². The van der Waals surface area contributed by atoms with Crippen molar-refractivity contribution in [3.8, 4) is 0 Å². The summed E-state index contributed by atoms with van der Waals surface area (Å²) >= 11 is 7.61. The minimum absolute atomic E-state index is 0.0737. The first-order chi connectivity index (χ1) is 19.3. The molecule has 40 heavy (non-hydrogen) atoms. The van der Waals surface area contributed by atoms with Crippen LogP contribution in [0.2, 0.25) is 5.02 Å². The number of anilines is 1. The van der Waals surface area contributed by atoms with Gasteiger partial charge in [-0.1, -0.05) is 29.8 Å². The van der Waals surface area contributed by atoms with E-state index in [1.165, 1.54) is 34.3 Å². The molecule has 4 N–H and O–H groups in total. The molecule has 0 bridgehead atoms. The van der Waals surface area contributed by atoms with Crippen molar-refractivity contribution in [1.29, 1.82) is 0 Å². The van der Waals surface area contributed by atoms with Gasteiger partial charge in [0, 0.05) is 41.3 Å². The lowest BCUT2D eigenvalue weighted by molar-refractivity contribution is -0.123. The van der Waals surface area contributed by atoms with E-state index in [0.29, 0.717) is 11.1 Å². The highest BCUT2D eigenvalue weighted by Crippen LogP contribution is 2.37. The molecule has 2 atom stereocenters. The third kappa shape index (κ3) is 4.84. The van der Waals surface area contributed by atoms with E-state index in [1.54, 1.807) is 30.2 Å². The molecule has 0 saturated heterocycles. The molecule has 2 unspecified atom stereocenters. The van der Waals surface area contributed by atoms with Crippen molar-refractivity contribution < 1.29 is 19.1 Å². The van der Waals surface area contributed by atoms with Crippen LogP contribution in [0.4, 0.5) is 10.2 Å². The highest BCUT2D eigenvalue weighted by molar-refractivity contribution is 7.13. The summed E-state index contributed by atoms with van der Waals surface area (Å²) in [6.45, 7) is 0.0668. The fourth-order valence-corrected chi connectivity index (χ4v) is 5.71. The number of aromatic nitrogens is 5. The predicted octanol–water partition coefficient (Wildman–Crippen LogP) is 3.27. The van der Waals surface area contributed by atoms with E-state index in [2.05, 4.69) is 30.4 Å². The quantitative estimate of drug-likeness (QED) is 0.217. The number of imidazole rings is 1. The molecule has 0 fully saturated rings. The maximum Gasteiger partial charge on any atom is 0.277 e. The Morgan fingerprint density at radius 3 is 2.95 bits per heavy atom. The average molecular weight is 581 g/mol. The molecule has 0 spiro atoms. The number of nitrogens with zero attached hydrogens (tertiary/aromatic N) is 5. The van der Waals surface area contributed by atoms with Gasteiger partial charge in [0.2, 0.25) is 5.91 Å². The summed E-state index contributed by atoms with van der Waals surface area (Å²) in [7, 11) is 1.78. The maximum atomic E-state index is 14.3. The zero-order valence-corrected chi connectivity index (χ0v) is 22.5. The Morgan fingerprint density at radius 1 is 1.32 bits per heavy atom. The lowest BCUT2D eigenvalue weighted by Gasteiger charge is -2.28. The second-order valence-electron chi connectivity index (χ2n) is 9.24. The maximum absolute atomic E-state index is 14.3. The fourth-order valence-electron chi connectivity index (χ4n) is 4.71. The van der Waals surface area contributed by atoms with Crippen molar-refractivity contribution in [3.63, 3.8) is 0 Å². The van der Waals surface area contributed by atoms with Gasteiger partial charge in [0.05, 0.1) is 22.6 Å². The lowest BCUT2D eigenvalue weighted by Crippen LogP contribution is -2.40. The number of fused-ring (bicyclic) bond motifs is 2. The van der Waals surface area contributed by atoms with E-state index in [-0.39, 0.29) is 41.0 Å². The van der Waals surface area contributed by atoms with Crippen molar-refractivity contribution >= 4 is 50.9 Å². The number of rotatable bonds is 7. The first-order valence-electron chi connectivity index (χ1n) is 12.2. The number of amides is 2. The van der Waals surface area contributed by atoms with Gasteiger partial charge in [-0.3, -0.25) is 19.6 Å². The van der Waals surface area contributed by atoms with E-state index in [1.807, 2.05) is 18.2 Å². The highest BCUT2D eigenvalue weighted by atomic mass is 35.5. The number of nitrogens with one attached hydrogen (secondary N) is 3. The number of carbonyl (C=O) groups excluding carboxylic acids is 2. The summed E-state index contributed by atoms with van der Waals surface area (Å²) in [4.78, 5) is 30.8. The molecule has 1 aliphatic heterocycles. The Balaban J connectivity index is 1.42. The zero-order valence-electron chi connectivity index (χ0n) is 20.9. The molecule has 0 saturated carbocycles. The van der Waals surface area contributed by atoms with Crippen molar-refractivity contribution in [2.45, 2.75) is 25.4 Å². The molecular formula is C26H22ClFN8O3S. The van der Waals surface area contributed by atoms with Crippen molar-refractivity contribution in [2.24, 2.45) is 7.05 Å². The monoisotopic (exact) mass is 580 g/mol. The van der Waals surface area contributed by atoms with Crippen molar-refractivity contribution in [2.75, 3.05) is 5.32 Å². The van der Waals surface area contributed by atoms with Gasteiger partial charge in [-0.2, -0.15) is 9.47 Å². The number of hydrogen-bond donors (Lipinski definition) is 4. The molecule has 2 aromatic carbocycles. The average Bonchev–Trinajstić information content (AvgIpc) is 3.65. The molecular weight excluding hydrogens is 559 g/mol. The van der Waals surface area contributed by atoms with Crippen LogP contribution in [0.1, 0.15) is 45.4 Å². The Morgan fingerprint density at radius 2 is 2.15 bits per heavy atom. The zero-order chi connectivity index (χ0) is 28.0. The minimum Gasteiger partial charge on any atom is -0.371 e. The Kier molecular flexibility index (Phi) is 6.80. The van der Waals surface area contributed by atoms with Gasteiger partial charge >= 0.3 is 0 Å². The van der Waals surface area contributed by atoms with Gasteiger partial charge in [-0.05, 0) is 35.8 Å². The number of aliphatic hydroxyl groups excluding tert-OH is 1. The van der Waals surface area contributed by atoms with Crippen LogP contribution >= 0.6 is 23.1 Å². The van der Waals surface area contributed by atoms with Crippen molar-refractivity contribution in [3.05, 3.63) is 94.0 Å². The van der Waals surface area contributed by atoms with Crippen LogP contribution in [-0.2, 0) is 24.9 Å². The van der Waals surface area contributed by atoms with Gasteiger partial charge in [0.15, 0.2) is 17.9 Å². The molecule has 6 rings (SSSR count). The largest absolute Gasteiger partial charge is 0.371 e. The summed E-state index contributed by atoms with van der Waals surface area (Å²) in [5.74, 6) is -1.32. The summed E-state index contributed by atoms with van der Waals surface area (Å²) < 4.78 is 22.6. The van der Waals surface area contributed by atoms with Crippen LogP contribution in [-0.4, -0.2) is 40.6 Å². The number of hydrogen-bond acceptors (Lipinski definition) is 8. The third-order valence-corrected chi connectivity index (χ3v) is 7.68. The third-order valence-electron chi connectivity index (χ3n) is 6.51. The first kappa shape index (κ1) is 26.1. The Labute approximate surface area is 235 Å². The van der Waals surface area contributed by atoms with Crippen LogP contribution in [0.5, 0.6) is 0 Å². The van der Waals surface area contributed by atoms with E-state index in [0.717, 1.165) is 10.3 Å². The van der Waals surface area contributed by atoms with E-state index in [4.69, 9.17) is 11.6 Å². The highest BCUT2D eigenvalue weighted by Gasteiger charge is 2.36. The summed E-state index contributed by atoms with van der Waals surface area (Å²) in [5, 5.41) is 24.7. The number of aliphatic hydroxyl groups is 1. The van der Waals surface area contributed by atoms with E-state index < -0.39 is 29.9 Å². The van der Waals surface area contributed by atoms with Crippen LogP contribution in [0, 0.1) is 5.82 Å². The molecule has 0 aliphatic carbocycles. The molecule has 204 valence electrons. The number of carbonyl (C=O) groups is 2. The van der Waals surface area contributed by atoms with E-state index in [9.17, 15) is 19.1 Å². The lowest BCUT2D eigenvalue weighted by atomic mass is 10.0. The SMILES string of the molecule is Cn1cc(CNC(O)c2nc(NC(=O)c3nsc4ccccc34)c3n2CC(=O)NC3c2cc(F)ccc2Cl)cn1. The first-order valence-corrected chi connectivity index (χ1v) is 13.3. The number of aryl methyl sites for hydroxylation is 1. The van der Waals surface area contributed by atoms with Crippen molar-refractivity contribution in [1.82, 2.24) is 34.3 Å². The second kappa shape index (κ2) is 10.4. The number of halogens is 2.